The minimum absolute atomic E-state index is 0.101. The van der Waals surface area contributed by atoms with Crippen LogP contribution in [-0.2, 0) is 9.53 Å². The van der Waals surface area contributed by atoms with Gasteiger partial charge in [-0.25, -0.2) is 0 Å². The maximum Gasteiger partial charge on any atom is 0.306 e. The molecule has 2 rings (SSSR count). The lowest BCUT2D eigenvalue weighted by Crippen LogP contribution is -2.24. The number of rotatable bonds is 5. The second kappa shape index (κ2) is 6.27. The normalized spacial score (nSPS) is 13.1. The molecule has 2 aromatic rings. The predicted molar refractivity (Wildman–Crippen MR) is 85.9 cm³/mol. The van der Waals surface area contributed by atoms with E-state index >= 15 is 0 Å². The molecule has 0 aliphatic carbocycles. The molecule has 112 valence electrons. The molecule has 0 spiro atoms. The van der Waals surface area contributed by atoms with Gasteiger partial charge in [-0.2, -0.15) is 0 Å². The topological polar surface area (TPSA) is 52.3 Å². The summed E-state index contributed by atoms with van der Waals surface area (Å²) in [6.07, 6.45) is 1.11. The zero-order valence-corrected chi connectivity index (χ0v) is 12.9. The number of methoxy groups -OCH3 is 1. The minimum atomic E-state index is -0.191. The van der Waals surface area contributed by atoms with Crippen molar-refractivity contribution in [3.8, 4) is 0 Å². The minimum Gasteiger partial charge on any atom is -0.469 e. The first-order valence-corrected chi connectivity index (χ1v) is 7.23. The Kier molecular flexibility index (Phi) is 4.63. The number of ether oxygens (including phenoxy) is 1. The number of benzene rings is 2. The van der Waals surface area contributed by atoms with Crippen LogP contribution in [-0.4, -0.2) is 13.1 Å². The quantitative estimate of drug-likeness (QED) is 0.850. The van der Waals surface area contributed by atoms with Crippen LogP contribution in [0.3, 0.4) is 0 Å². The van der Waals surface area contributed by atoms with Crippen molar-refractivity contribution in [3.05, 3.63) is 48.0 Å². The fourth-order valence-electron chi connectivity index (χ4n) is 2.81. The first-order chi connectivity index (χ1) is 9.93. The van der Waals surface area contributed by atoms with E-state index in [0.29, 0.717) is 6.42 Å². The third-order valence-electron chi connectivity index (χ3n) is 3.85. The number of carbonyl (C=O) groups excluding carboxylic acids is 1. The molecule has 2 N–H and O–H groups in total. The molecule has 0 aliphatic heterocycles. The van der Waals surface area contributed by atoms with Gasteiger partial charge in [-0.15, -0.1) is 0 Å². The molecule has 1 atom stereocenters. The molecular formula is C18H23NO2. The second-order valence-electron chi connectivity index (χ2n) is 6.30. The molecular weight excluding hydrogens is 262 g/mol. The lowest BCUT2D eigenvalue weighted by molar-refractivity contribution is -0.143. The molecule has 3 nitrogen and oxygen atoms in total. The van der Waals surface area contributed by atoms with Gasteiger partial charge in [-0.1, -0.05) is 56.3 Å². The Hall–Kier alpha value is -1.87. The van der Waals surface area contributed by atoms with E-state index in [1.54, 1.807) is 0 Å². The number of fused-ring (bicyclic) bond motifs is 1. The molecule has 0 bridgehead atoms. The summed E-state index contributed by atoms with van der Waals surface area (Å²) in [6.45, 7) is 4.10. The van der Waals surface area contributed by atoms with Crippen LogP contribution in [0.25, 0.3) is 10.8 Å². The van der Waals surface area contributed by atoms with Crippen molar-refractivity contribution in [2.24, 2.45) is 11.1 Å². The Morgan fingerprint density at radius 1 is 1.19 bits per heavy atom. The third kappa shape index (κ3) is 3.82. The SMILES string of the molecule is COC(=O)CC(C)(C)CC(N)c1cccc2ccccc12. The molecule has 0 saturated heterocycles. The van der Waals surface area contributed by atoms with Crippen LogP contribution in [0.4, 0.5) is 0 Å². The van der Waals surface area contributed by atoms with Crippen molar-refractivity contribution < 1.29 is 9.53 Å². The molecule has 0 heterocycles. The number of carbonyl (C=O) groups is 1. The lowest BCUT2D eigenvalue weighted by Gasteiger charge is -2.27. The zero-order valence-electron chi connectivity index (χ0n) is 12.9. The predicted octanol–water partition coefficient (Wildman–Crippen LogP) is 3.82. The van der Waals surface area contributed by atoms with Crippen LogP contribution in [0.5, 0.6) is 0 Å². The Balaban J connectivity index is 2.22. The van der Waals surface area contributed by atoms with Crippen molar-refractivity contribution in [2.45, 2.75) is 32.7 Å². The molecule has 3 heteroatoms. The molecule has 0 amide bonds. The summed E-state index contributed by atoms with van der Waals surface area (Å²) < 4.78 is 4.76. The van der Waals surface area contributed by atoms with Crippen LogP contribution in [0.1, 0.15) is 38.3 Å². The third-order valence-corrected chi connectivity index (χ3v) is 3.85. The molecule has 0 aromatic heterocycles. The summed E-state index contributed by atoms with van der Waals surface area (Å²) in [5, 5.41) is 2.37. The number of esters is 1. The first-order valence-electron chi connectivity index (χ1n) is 7.23. The van der Waals surface area contributed by atoms with Crippen LogP contribution >= 0.6 is 0 Å². The molecule has 2 aromatic carbocycles. The van der Waals surface area contributed by atoms with Crippen molar-refractivity contribution in [1.82, 2.24) is 0 Å². The average Bonchev–Trinajstić information content (AvgIpc) is 2.45. The average molecular weight is 285 g/mol. The van der Waals surface area contributed by atoms with E-state index in [9.17, 15) is 4.79 Å². The zero-order chi connectivity index (χ0) is 15.5. The van der Waals surface area contributed by atoms with E-state index in [1.807, 2.05) is 18.2 Å². The van der Waals surface area contributed by atoms with E-state index in [0.717, 1.165) is 12.0 Å². The fraction of sp³-hybridized carbons (Fsp3) is 0.389. The van der Waals surface area contributed by atoms with Crippen molar-refractivity contribution >= 4 is 16.7 Å². The number of hydrogen-bond donors (Lipinski definition) is 1. The largest absolute Gasteiger partial charge is 0.469 e. The summed E-state index contributed by atoms with van der Waals surface area (Å²) in [5.41, 5.74) is 7.35. The highest BCUT2D eigenvalue weighted by atomic mass is 16.5. The van der Waals surface area contributed by atoms with Crippen molar-refractivity contribution in [1.29, 1.82) is 0 Å². The molecule has 21 heavy (non-hydrogen) atoms. The van der Waals surface area contributed by atoms with Crippen LogP contribution in [0, 0.1) is 5.41 Å². The van der Waals surface area contributed by atoms with Gasteiger partial charge in [-0.3, -0.25) is 4.79 Å². The summed E-state index contributed by atoms with van der Waals surface area (Å²) in [5.74, 6) is -0.190. The van der Waals surface area contributed by atoms with Gasteiger partial charge in [0.2, 0.25) is 0 Å². The summed E-state index contributed by atoms with van der Waals surface area (Å²) in [7, 11) is 1.42. The highest BCUT2D eigenvalue weighted by Gasteiger charge is 2.26. The summed E-state index contributed by atoms with van der Waals surface area (Å²) >= 11 is 0. The van der Waals surface area contributed by atoms with Gasteiger partial charge >= 0.3 is 5.97 Å². The summed E-state index contributed by atoms with van der Waals surface area (Å²) in [4.78, 5) is 11.5. The van der Waals surface area contributed by atoms with Gasteiger partial charge < -0.3 is 10.5 Å². The lowest BCUT2D eigenvalue weighted by atomic mass is 9.80. The molecule has 0 saturated carbocycles. The van der Waals surface area contributed by atoms with Crippen LogP contribution in [0.15, 0.2) is 42.5 Å². The van der Waals surface area contributed by atoms with Gasteiger partial charge in [0.15, 0.2) is 0 Å². The van der Waals surface area contributed by atoms with Crippen LogP contribution < -0.4 is 5.73 Å². The molecule has 1 unspecified atom stereocenters. The standard InChI is InChI=1S/C18H23NO2/c1-18(2,12-17(20)21-3)11-16(19)15-10-6-8-13-7-4-5-9-14(13)15/h4-10,16H,11-12,19H2,1-3H3. The second-order valence-corrected chi connectivity index (χ2v) is 6.30. The Labute approximate surface area is 126 Å². The van der Waals surface area contributed by atoms with E-state index in [2.05, 4.69) is 38.1 Å². The Morgan fingerprint density at radius 2 is 1.86 bits per heavy atom. The van der Waals surface area contributed by atoms with E-state index < -0.39 is 0 Å². The van der Waals surface area contributed by atoms with Crippen LogP contribution in [0.2, 0.25) is 0 Å². The highest BCUT2D eigenvalue weighted by molar-refractivity contribution is 5.86. The smallest absolute Gasteiger partial charge is 0.306 e. The summed E-state index contributed by atoms with van der Waals surface area (Å²) in [6, 6.07) is 14.3. The van der Waals surface area contributed by atoms with E-state index in [4.69, 9.17) is 10.5 Å². The molecule has 0 fully saturated rings. The van der Waals surface area contributed by atoms with Gasteiger partial charge in [0.05, 0.1) is 13.5 Å². The van der Waals surface area contributed by atoms with Gasteiger partial charge in [-0.05, 0) is 28.2 Å². The maximum atomic E-state index is 11.5. The molecule has 0 radical (unpaired) electrons. The number of hydrogen-bond acceptors (Lipinski definition) is 3. The van der Waals surface area contributed by atoms with Crippen molar-refractivity contribution in [3.63, 3.8) is 0 Å². The monoisotopic (exact) mass is 285 g/mol. The van der Waals surface area contributed by atoms with E-state index in [-0.39, 0.29) is 17.4 Å². The first kappa shape index (κ1) is 15.5. The Morgan fingerprint density at radius 3 is 2.57 bits per heavy atom. The fourth-order valence-corrected chi connectivity index (χ4v) is 2.81. The molecule has 0 aliphatic rings. The number of nitrogens with two attached hydrogens (primary N) is 1. The van der Waals surface area contributed by atoms with Gasteiger partial charge in [0.1, 0.15) is 0 Å². The maximum absolute atomic E-state index is 11.5. The van der Waals surface area contributed by atoms with Gasteiger partial charge in [0.25, 0.3) is 0 Å². The highest BCUT2D eigenvalue weighted by Crippen LogP contribution is 2.34. The Bertz CT molecular complexity index is 629. The van der Waals surface area contributed by atoms with E-state index in [1.165, 1.54) is 17.9 Å². The van der Waals surface area contributed by atoms with Crippen molar-refractivity contribution in [2.75, 3.05) is 7.11 Å². The van der Waals surface area contributed by atoms with Gasteiger partial charge in [0, 0.05) is 6.04 Å².